The van der Waals surface area contributed by atoms with Crippen LogP contribution in [0.5, 0.6) is 0 Å². The molecule has 1 amide bonds. The number of benzene rings is 2. The van der Waals surface area contributed by atoms with E-state index >= 15 is 0 Å². The van der Waals surface area contributed by atoms with Gasteiger partial charge in [0.15, 0.2) is 0 Å². The normalized spacial score (nSPS) is 19.9. The molecule has 0 saturated carbocycles. The summed E-state index contributed by atoms with van der Waals surface area (Å²) in [5.74, 6) is 0.0712. The van der Waals surface area contributed by atoms with E-state index in [4.69, 9.17) is 11.6 Å². The van der Waals surface area contributed by atoms with Crippen LogP contribution in [0.1, 0.15) is 17.5 Å². The molecule has 138 valence electrons. The molecule has 2 aromatic rings. The van der Waals surface area contributed by atoms with Crippen LogP contribution in [0.15, 0.2) is 48.5 Å². The van der Waals surface area contributed by atoms with Crippen LogP contribution in [-0.4, -0.2) is 38.6 Å². The maximum atomic E-state index is 12.3. The predicted molar refractivity (Wildman–Crippen MR) is 106 cm³/mol. The van der Waals surface area contributed by atoms with Gasteiger partial charge in [0.25, 0.3) is 0 Å². The van der Waals surface area contributed by atoms with Gasteiger partial charge >= 0.3 is 0 Å². The quantitative estimate of drug-likeness (QED) is 0.693. The Morgan fingerprint density at radius 3 is 2.42 bits per heavy atom. The molecule has 1 aliphatic heterocycles. The number of quaternary nitrogens is 2. The summed E-state index contributed by atoms with van der Waals surface area (Å²) >= 11 is 6.11. The summed E-state index contributed by atoms with van der Waals surface area (Å²) in [6.07, 6.45) is 0.551. The fraction of sp³-hybridized carbons (Fsp3) is 0.381. The number of hydrogen-bond acceptors (Lipinski definition) is 1. The van der Waals surface area contributed by atoms with E-state index in [0.717, 1.165) is 37.4 Å². The lowest BCUT2D eigenvalue weighted by molar-refractivity contribution is -1.02. The van der Waals surface area contributed by atoms with Crippen LogP contribution in [0.2, 0.25) is 5.02 Å². The number of piperazine rings is 1. The monoisotopic (exact) mass is 373 g/mol. The second-order valence-corrected chi connectivity index (χ2v) is 7.53. The Labute approximate surface area is 160 Å². The first-order valence-electron chi connectivity index (χ1n) is 9.38. The fourth-order valence-corrected chi connectivity index (χ4v) is 3.69. The minimum absolute atomic E-state index is 0.0712. The lowest BCUT2D eigenvalue weighted by Gasteiger charge is -2.29. The third-order valence-electron chi connectivity index (χ3n) is 5.21. The SMILES string of the molecule is Cc1c(Cl)cccc1NC(=O)CC[NH+]1CC[NH+](Cc2ccccc2)CC1. The highest BCUT2D eigenvalue weighted by molar-refractivity contribution is 6.31. The Morgan fingerprint density at radius 1 is 1.00 bits per heavy atom. The van der Waals surface area contributed by atoms with E-state index in [2.05, 4.69) is 35.6 Å². The maximum absolute atomic E-state index is 12.3. The first-order valence-corrected chi connectivity index (χ1v) is 9.75. The van der Waals surface area contributed by atoms with Gasteiger partial charge in [-0.25, -0.2) is 0 Å². The van der Waals surface area contributed by atoms with Crippen molar-refractivity contribution in [3.05, 3.63) is 64.7 Å². The van der Waals surface area contributed by atoms with Crippen LogP contribution in [0.3, 0.4) is 0 Å². The van der Waals surface area contributed by atoms with Crippen molar-refractivity contribution in [3.63, 3.8) is 0 Å². The van der Waals surface area contributed by atoms with Gasteiger partial charge in [-0.1, -0.05) is 48.0 Å². The largest absolute Gasteiger partial charge is 0.326 e. The molecule has 0 bridgehead atoms. The van der Waals surface area contributed by atoms with Crippen molar-refractivity contribution in [2.24, 2.45) is 0 Å². The van der Waals surface area contributed by atoms with E-state index in [0.29, 0.717) is 11.4 Å². The van der Waals surface area contributed by atoms with Gasteiger partial charge in [0.2, 0.25) is 5.91 Å². The molecule has 0 radical (unpaired) electrons. The third-order valence-corrected chi connectivity index (χ3v) is 5.62. The molecule has 1 aliphatic rings. The van der Waals surface area contributed by atoms with Gasteiger partial charge in [-0.2, -0.15) is 0 Å². The van der Waals surface area contributed by atoms with E-state index in [1.165, 1.54) is 23.6 Å². The minimum atomic E-state index is 0.0712. The van der Waals surface area contributed by atoms with Crippen LogP contribution in [0, 0.1) is 6.92 Å². The summed E-state index contributed by atoms with van der Waals surface area (Å²) in [5, 5.41) is 3.68. The second-order valence-electron chi connectivity index (χ2n) is 7.12. The molecule has 1 heterocycles. The molecule has 0 aliphatic carbocycles. The number of nitrogens with one attached hydrogen (secondary N) is 3. The summed E-state index contributed by atoms with van der Waals surface area (Å²) < 4.78 is 0. The Hall–Kier alpha value is -1.88. The Balaban J connectivity index is 1.39. The average molecular weight is 374 g/mol. The second kappa shape index (κ2) is 9.17. The number of hydrogen-bond donors (Lipinski definition) is 3. The highest BCUT2D eigenvalue weighted by atomic mass is 35.5. The molecule has 5 heteroatoms. The summed E-state index contributed by atoms with van der Waals surface area (Å²) in [6.45, 7) is 8.51. The topological polar surface area (TPSA) is 38.0 Å². The molecule has 4 nitrogen and oxygen atoms in total. The summed E-state index contributed by atoms with van der Waals surface area (Å²) in [6, 6.07) is 16.3. The number of rotatable bonds is 6. The van der Waals surface area contributed by atoms with Crippen molar-refractivity contribution in [2.45, 2.75) is 19.9 Å². The standard InChI is InChI=1S/C21H26ClN3O/c1-17-19(22)8-5-9-20(17)23-21(26)10-11-24-12-14-25(15-13-24)16-18-6-3-2-4-7-18/h2-9H,10-16H2,1H3,(H,23,26)/p+2. The lowest BCUT2D eigenvalue weighted by atomic mass is 10.2. The molecule has 2 aromatic carbocycles. The van der Waals surface area contributed by atoms with Crippen LogP contribution in [0.25, 0.3) is 0 Å². The molecule has 0 aromatic heterocycles. The third kappa shape index (κ3) is 5.31. The Kier molecular flexibility index (Phi) is 6.67. The predicted octanol–water partition coefficient (Wildman–Crippen LogP) is 0.961. The molecule has 3 N–H and O–H groups in total. The van der Waals surface area contributed by atoms with E-state index in [9.17, 15) is 4.79 Å². The summed E-state index contributed by atoms with van der Waals surface area (Å²) in [5.41, 5.74) is 3.14. The van der Waals surface area contributed by atoms with Crippen LogP contribution in [0.4, 0.5) is 5.69 Å². The van der Waals surface area contributed by atoms with E-state index in [1.807, 2.05) is 25.1 Å². The van der Waals surface area contributed by atoms with Crippen LogP contribution in [-0.2, 0) is 11.3 Å². The van der Waals surface area contributed by atoms with Gasteiger partial charge in [0.05, 0.1) is 13.0 Å². The zero-order valence-corrected chi connectivity index (χ0v) is 16.1. The van der Waals surface area contributed by atoms with Crippen molar-refractivity contribution >= 4 is 23.2 Å². The Bertz CT molecular complexity index is 727. The van der Waals surface area contributed by atoms with Crippen LogP contribution < -0.4 is 15.1 Å². The minimum Gasteiger partial charge on any atom is -0.326 e. The average Bonchev–Trinajstić information content (AvgIpc) is 2.66. The van der Waals surface area contributed by atoms with Gasteiger partial charge in [0, 0.05) is 16.3 Å². The summed E-state index contributed by atoms with van der Waals surface area (Å²) in [4.78, 5) is 15.4. The number of amides is 1. The molecule has 0 unspecified atom stereocenters. The van der Waals surface area contributed by atoms with E-state index < -0.39 is 0 Å². The zero-order valence-electron chi connectivity index (χ0n) is 15.4. The van der Waals surface area contributed by atoms with Gasteiger partial charge in [-0.15, -0.1) is 0 Å². The Morgan fingerprint density at radius 2 is 1.69 bits per heavy atom. The van der Waals surface area contributed by atoms with E-state index in [1.54, 1.807) is 4.90 Å². The van der Waals surface area contributed by atoms with Crippen molar-refractivity contribution in [1.29, 1.82) is 0 Å². The van der Waals surface area contributed by atoms with Gasteiger partial charge in [-0.3, -0.25) is 4.79 Å². The molecule has 0 atom stereocenters. The van der Waals surface area contributed by atoms with Gasteiger partial charge < -0.3 is 15.1 Å². The van der Waals surface area contributed by atoms with Crippen molar-refractivity contribution in [1.82, 2.24) is 0 Å². The van der Waals surface area contributed by atoms with E-state index in [-0.39, 0.29) is 5.91 Å². The molecular formula is C21H28ClN3O+2. The molecular weight excluding hydrogens is 346 g/mol. The lowest BCUT2D eigenvalue weighted by Crippen LogP contribution is -3.27. The number of carbonyl (C=O) groups is 1. The molecule has 3 rings (SSSR count). The molecule has 1 saturated heterocycles. The van der Waals surface area contributed by atoms with Gasteiger partial charge in [-0.05, 0) is 24.6 Å². The molecule has 26 heavy (non-hydrogen) atoms. The highest BCUT2D eigenvalue weighted by Gasteiger charge is 2.23. The van der Waals surface area contributed by atoms with Gasteiger partial charge in [0.1, 0.15) is 32.7 Å². The summed E-state index contributed by atoms with van der Waals surface area (Å²) in [7, 11) is 0. The van der Waals surface area contributed by atoms with Crippen LogP contribution >= 0.6 is 11.6 Å². The highest BCUT2D eigenvalue weighted by Crippen LogP contribution is 2.22. The molecule has 1 fully saturated rings. The molecule has 0 spiro atoms. The van der Waals surface area contributed by atoms with Crippen molar-refractivity contribution in [2.75, 3.05) is 38.0 Å². The smallest absolute Gasteiger partial charge is 0.230 e. The zero-order chi connectivity index (χ0) is 18.4. The first-order chi connectivity index (χ1) is 12.6. The first kappa shape index (κ1) is 18.9. The van der Waals surface area contributed by atoms with Crippen molar-refractivity contribution in [3.8, 4) is 0 Å². The maximum Gasteiger partial charge on any atom is 0.230 e. The fourth-order valence-electron chi connectivity index (χ4n) is 3.51. The number of carbonyl (C=O) groups excluding carboxylic acids is 1. The number of anilines is 1. The van der Waals surface area contributed by atoms with Crippen molar-refractivity contribution < 1.29 is 14.6 Å². The number of halogens is 1.